The van der Waals surface area contributed by atoms with E-state index in [1.807, 2.05) is 4.90 Å². The van der Waals surface area contributed by atoms with Gasteiger partial charge in [0.1, 0.15) is 0 Å². The summed E-state index contributed by atoms with van der Waals surface area (Å²) in [6, 6.07) is 5.33. The van der Waals surface area contributed by atoms with E-state index in [0.29, 0.717) is 39.6 Å². The molecule has 2 atom stereocenters. The molecule has 5 nitrogen and oxygen atoms in total. The fourth-order valence-corrected chi connectivity index (χ4v) is 5.27. The van der Waals surface area contributed by atoms with E-state index in [2.05, 4.69) is 24.9 Å². The van der Waals surface area contributed by atoms with E-state index >= 15 is 0 Å². The molecule has 1 saturated heterocycles. The third-order valence-electron chi connectivity index (χ3n) is 6.43. The monoisotopic (exact) mass is 425 g/mol. The molecule has 1 aliphatic heterocycles. The molecule has 0 bridgehead atoms. The largest absolute Gasteiger partial charge is 0.338 e. The van der Waals surface area contributed by atoms with Crippen molar-refractivity contribution in [3.8, 4) is 0 Å². The molecule has 1 fully saturated rings. The summed E-state index contributed by atoms with van der Waals surface area (Å²) in [5.41, 5.74) is 2.60. The lowest BCUT2D eigenvalue weighted by Crippen LogP contribution is -2.42. The third-order valence-corrected chi connectivity index (χ3v) is 6.75. The third kappa shape index (κ3) is 4.43. The highest BCUT2D eigenvalue weighted by atomic mass is 32.1. The molecule has 0 spiro atoms. The Morgan fingerprint density at radius 1 is 1.20 bits per heavy atom. The van der Waals surface area contributed by atoms with Crippen LogP contribution in [0.4, 0.5) is 0 Å². The SMILES string of the molecule is C[C@H]1C[C@H](C)CN(C(=O)c2ccc3c(=O)n(CCC4=CCCCC4)c(=S)[nH]c3c2)C1. The number of benzene rings is 1. The van der Waals surface area contributed by atoms with Gasteiger partial charge < -0.3 is 9.88 Å². The summed E-state index contributed by atoms with van der Waals surface area (Å²) in [6.07, 6.45) is 9.09. The van der Waals surface area contributed by atoms with Crippen molar-refractivity contribution in [3.63, 3.8) is 0 Å². The van der Waals surface area contributed by atoms with Crippen LogP contribution >= 0.6 is 12.2 Å². The van der Waals surface area contributed by atoms with E-state index in [1.54, 1.807) is 22.8 Å². The van der Waals surface area contributed by atoms with Gasteiger partial charge in [-0.3, -0.25) is 14.2 Å². The highest BCUT2D eigenvalue weighted by molar-refractivity contribution is 7.71. The van der Waals surface area contributed by atoms with Crippen molar-refractivity contribution >= 4 is 29.0 Å². The van der Waals surface area contributed by atoms with Crippen LogP contribution in [0.2, 0.25) is 0 Å². The minimum absolute atomic E-state index is 0.0306. The molecule has 1 amide bonds. The quantitative estimate of drug-likeness (QED) is 0.550. The van der Waals surface area contributed by atoms with Crippen LogP contribution in [0.5, 0.6) is 0 Å². The van der Waals surface area contributed by atoms with Gasteiger partial charge in [-0.15, -0.1) is 0 Å². The van der Waals surface area contributed by atoms with Gasteiger partial charge in [-0.1, -0.05) is 25.5 Å². The Labute approximate surface area is 182 Å². The zero-order valence-corrected chi connectivity index (χ0v) is 18.8. The van der Waals surface area contributed by atoms with E-state index in [4.69, 9.17) is 12.2 Å². The van der Waals surface area contributed by atoms with Gasteiger partial charge in [0.15, 0.2) is 4.77 Å². The number of fused-ring (bicyclic) bond motifs is 1. The number of aromatic nitrogens is 2. The van der Waals surface area contributed by atoms with E-state index < -0.39 is 0 Å². The number of nitrogens with zero attached hydrogens (tertiary/aromatic N) is 2. The van der Waals surface area contributed by atoms with Crippen LogP contribution < -0.4 is 5.56 Å². The lowest BCUT2D eigenvalue weighted by atomic mass is 9.91. The Balaban J connectivity index is 1.59. The van der Waals surface area contributed by atoms with Crippen LogP contribution in [0.25, 0.3) is 10.9 Å². The Morgan fingerprint density at radius 3 is 2.67 bits per heavy atom. The summed E-state index contributed by atoms with van der Waals surface area (Å²) in [5.74, 6) is 1.05. The molecule has 0 unspecified atom stereocenters. The molecule has 4 rings (SSSR count). The average molecular weight is 426 g/mol. The van der Waals surface area contributed by atoms with Crippen LogP contribution in [0.3, 0.4) is 0 Å². The van der Waals surface area contributed by atoms with E-state index in [1.165, 1.54) is 18.4 Å². The number of piperidine rings is 1. The summed E-state index contributed by atoms with van der Waals surface area (Å²) >= 11 is 5.49. The minimum Gasteiger partial charge on any atom is -0.338 e. The second kappa shape index (κ2) is 8.88. The van der Waals surface area contributed by atoms with Crippen molar-refractivity contribution in [2.45, 2.75) is 58.9 Å². The first-order valence-electron chi connectivity index (χ1n) is 11.2. The second-order valence-corrected chi connectivity index (χ2v) is 9.55. The molecule has 1 N–H and O–H groups in total. The zero-order valence-electron chi connectivity index (χ0n) is 17.9. The first kappa shape index (κ1) is 21.0. The minimum atomic E-state index is -0.0793. The molecule has 1 aliphatic carbocycles. The van der Waals surface area contributed by atoms with E-state index in [-0.39, 0.29) is 11.5 Å². The second-order valence-electron chi connectivity index (χ2n) is 9.16. The summed E-state index contributed by atoms with van der Waals surface area (Å²) in [4.78, 5) is 31.2. The van der Waals surface area contributed by atoms with Gasteiger partial charge in [0.05, 0.1) is 10.9 Å². The Bertz CT molecular complexity index is 1090. The van der Waals surface area contributed by atoms with Crippen LogP contribution in [0, 0.1) is 16.6 Å². The Morgan fingerprint density at radius 2 is 1.97 bits per heavy atom. The molecule has 1 aromatic heterocycles. The maximum atomic E-state index is 13.1. The first-order valence-corrected chi connectivity index (χ1v) is 11.6. The maximum Gasteiger partial charge on any atom is 0.262 e. The Kier molecular flexibility index (Phi) is 6.23. The van der Waals surface area contributed by atoms with Crippen LogP contribution in [0.15, 0.2) is 34.6 Å². The summed E-state index contributed by atoms with van der Waals surface area (Å²) < 4.78 is 2.08. The predicted molar refractivity (Wildman–Crippen MR) is 123 cm³/mol. The van der Waals surface area contributed by atoms with Crippen molar-refractivity contribution in [2.24, 2.45) is 11.8 Å². The van der Waals surface area contributed by atoms with Gasteiger partial charge in [0.25, 0.3) is 11.5 Å². The standard InChI is InChI=1S/C24H31N3O2S/c1-16-12-17(2)15-26(14-16)22(28)19-8-9-20-21(13-19)25-24(30)27(23(20)29)11-10-18-6-4-3-5-7-18/h6,8-9,13,16-17H,3-5,7,10-12,14-15H2,1-2H3,(H,25,30)/t16-,17-/m0/s1. The number of likely N-dealkylation sites (tertiary alicyclic amines) is 1. The molecule has 0 radical (unpaired) electrons. The molecule has 2 aromatic rings. The average Bonchev–Trinajstić information content (AvgIpc) is 2.72. The van der Waals surface area contributed by atoms with Crippen molar-refractivity contribution < 1.29 is 4.79 Å². The fraction of sp³-hybridized carbons (Fsp3) is 0.542. The molecule has 2 aliphatic rings. The number of allylic oxidation sites excluding steroid dienone is 2. The van der Waals surface area contributed by atoms with Gasteiger partial charge in [-0.2, -0.15) is 0 Å². The molecule has 30 heavy (non-hydrogen) atoms. The number of nitrogens with one attached hydrogen (secondary N) is 1. The van der Waals surface area contributed by atoms with Crippen LogP contribution in [-0.4, -0.2) is 33.4 Å². The molecule has 0 saturated carbocycles. The molecule has 1 aromatic carbocycles. The molecule has 2 heterocycles. The number of carbonyl (C=O) groups is 1. The lowest BCUT2D eigenvalue weighted by molar-refractivity contribution is 0.0623. The van der Waals surface area contributed by atoms with E-state index in [9.17, 15) is 9.59 Å². The van der Waals surface area contributed by atoms with Crippen LogP contribution in [0.1, 0.15) is 62.7 Å². The molecular formula is C24H31N3O2S. The predicted octanol–water partition coefficient (Wildman–Crippen LogP) is 5.07. The van der Waals surface area contributed by atoms with E-state index in [0.717, 1.165) is 38.8 Å². The van der Waals surface area contributed by atoms with Gasteiger partial charge in [-0.25, -0.2) is 0 Å². The number of rotatable bonds is 4. The number of hydrogen-bond donors (Lipinski definition) is 1. The molecule has 6 heteroatoms. The number of H-pyrrole nitrogens is 1. The van der Waals surface area contributed by atoms with Gasteiger partial charge in [0.2, 0.25) is 0 Å². The first-order chi connectivity index (χ1) is 14.4. The summed E-state index contributed by atoms with van der Waals surface area (Å²) in [7, 11) is 0. The topological polar surface area (TPSA) is 58.1 Å². The zero-order chi connectivity index (χ0) is 21.3. The number of hydrogen-bond acceptors (Lipinski definition) is 3. The lowest BCUT2D eigenvalue weighted by Gasteiger charge is -2.35. The van der Waals surface area contributed by atoms with Crippen molar-refractivity contribution in [3.05, 3.63) is 50.5 Å². The van der Waals surface area contributed by atoms with Crippen molar-refractivity contribution in [2.75, 3.05) is 13.1 Å². The normalized spacial score (nSPS) is 22.2. The highest BCUT2D eigenvalue weighted by Gasteiger charge is 2.26. The van der Waals surface area contributed by atoms with Gasteiger partial charge >= 0.3 is 0 Å². The fourth-order valence-electron chi connectivity index (χ4n) is 4.99. The molecular weight excluding hydrogens is 394 g/mol. The van der Waals surface area contributed by atoms with Gasteiger partial charge in [-0.05, 0) is 80.8 Å². The Hall–Kier alpha value is -2.21. The van der Waals surface area contributed by atoms with Crippen molar-refractivity contribution in [1.82, 2.24) is 14.5 Å². The number of carbonyl (C=O) groups excluding carboxylic acids is 1. The maximum absolute atomic E-state index is 13.1. The smallest absolute Gasteiger partial charge is 0.262 e. The number of amides is 1. The van der Waals surface area contributed by atoms with Crippen LogP contribution in [-0.2, 0) is 6.54 Å². The summed E-state index contributed by atoms with van der Waals surface area (Å²) in [5, 5.41) is 0.582. The highest BCUT2D eigenvalue weighted by Crippen LogP contribution is 2.24. The van der Waals surface area contributed by atoms with Gasteiger partial charge in [0, 0.05) is 25.2 Å². The molecule has 160 valence electrons. The van der Waals surface area contributed by atoms with Crippen molar-refractivity contribution in [1.29, 1.82) is 0 Å². The number of aromatic amines is 1. The summed E-state index contributed by atoms with van der Waals surface area (Å²) in [6.45, 7) is 6.56.